The fourth-order valence-electron chi connectivity index (χ4n) is 1.62. The molecule has 1 rings (SSSR count). The van der Waals surface area contributed by atoms with Crippen LogP contribution in [0.15, 0.2) is 18.2 Å². The molecule has 0 N–H and O–H groups in total. The Hall–Kier alpha value is -1.50. The number of benzene rings is 1. The maximum atomic E-state index is 12.4. The molecule has 0 saturated carbocycles. The molecule has 0 saturated heterocycles. The fraction of sp³-hybridized carbons (Fsp3) is 0.462. The molecule has 0 amide bonds. The zero-order valence-corrected chi connectivity index (χ0v) is 10.6. The Balaban J connectivity index is 2.65. The van der Waals surface area contributed by atoms with Gasteiger partial charge in [0.15, 0.2) is 5.78 Å². The number of halogens is 5. The van der Waals surface area contributed by atoms with Gasteiger partial charge in [0.1, 0.15) is 6.61 Å². The van der Waals surface area contributed by atoms with E-state index in [2.05, 4.69) is 4.74 Å². The lowest BCUT2D eigenvalue weighted by atomic mass is 10.00. The summed E-state index contributed by atoms with van der Waals surface area (Å²) in [5.41, 5.74) is -0.502. The zero-order valence-electron chi connectivity index (χ0n) is 10.6. The molecule has 0 aliphatic heterocycles. The highest BCUT2D eigenvalue weighted by molar-refractivity contribution is 5.97. The standard InChI is InChI=1S/C13H13F5O2/c1-8-6-9(13(16,17)18)2-3-10(8)11(19)4-5-20-7-12(14)15/h2-3,6,12H,4-5,7H2,1H3. The Morgan fingerprint density at radius 3 is 2.45 bits per heavy atom. The summed E-state index contributed by atoms with van der Waals surface area (Å²) in [5.74, 6) is -0.439. The summed E-state index contributed by atoms with van der Waals surface area (Å²) < 4.78 is 65.5. The minimum absolute atomic E-state index is 0.138. The van der Waals surface area contributed by atoms with Crippen LogP contribution in [0, 0.1) is 6.92 Å². The second kappa shape index (κ2) is 6.78. The van der Waals surface area contributed by atoms with Gasteiger partial charge in [0.2, 0.25) is 0 Å². The number of carbonyl (C=O) groups is 1. The van der Waals surface area contributed by atoms with Crippen molar-refractivity contribution in [2.45, 2.75) is 25.9 Å². The van der Waals surface area contributed by atoms with Crippen LogP contribution in [0.5, 0.6) is 0 Å². The number of rotatable bonds is 6. The Morgan fingerprint density at radius 2 is 1.95 bits per heavy atom. The van der Waals surface area contributed by atoms with Crippen molar-refractivity contribution < 1.29 is 31.5 Å². The van der Waals surface area contributed by atoms with Gasteiger partial charge in [-0.3, -0.25) is 4.79 Å². The number of aryl methyl sites for hydroxylation is 1. The Morgan fingerprint density at radius 1 is 1.30 bits per heavy atom. The molecule has 0 unspecified atom stereocenters. The molecule has 1 aromatic carbocycles. The van der Waals surface area contributed by atoms with E-state index in [4.69, 9.17) is 0 Å². The third-order valence-corrected chi connectivity index (χ3v) is 2.57. The predicted molar refractivity (Wildman–Crippen MR) is 62.0 cm³/mol. The summed E-state index contributed by atoms with van der Waals surface area (Å²) in [6.07, 6.45) is -7.23. The smallest absolute Gasteiger partial charge is 0.375 e. The first-order chi connectivity index (χ1) is 9.21. The van der Waals surface area contributed by atoms with Gasteiger partial charge < -0.3 is 4.74 Å². The third-order valence-electron chi connectivity index (χ3n) is 2.57. The number of ketones is 1. The van der Waals surface area contributed by atoms with Crippen LogP contribution in [0.3, 0.4) is 0 Å². The molecule has 112 valence electrons. The molecule has 0 aliphatic rings. The minimum atomic E-state index is -4.47. The fourth-order valence-corrected chi connectivity index (χ4v) is 1.62. The molecule has 0 fully saturated rings. The molecular weight excluding hydrogens is 283 g/mol. The Labute approximate surface area is 112 Å². The molecule has 1 aromatic rings. The van der Waals surface area contributed by atoms with E-state index < -0.39 is 30.6 Å². The summed E-state index contributed by atoms with van der Waals surface area (Å²) in [6, 6.07) is 2.79. The van der Waals surface area contributed by atoms with E-state index >= 15 is 0 Å². The van der Waals surface area contributed by atoms with Crippen molar-refractivity contribution in [2.75, 3.05) is 13.2 Å². The van der Waals surface area contributed by atoms with Crippen LogP contribution in [0.4, 0.5) is 22.0 Å². The topological polar surface area (TPSA) is 26.3 Å². The minimum Gasteiger partial charge on any atom is -0.375 e. The molecule has 0 aliphatic carbocycles. The van der Waals surface area contributed by atoms with Crippen molar-refractivity contribution in [2.24, 2.45) is 0 Å². The molecule has 20 heavy (non-hydrogen) atoms. The first-order valence-electron chi connectivity index (χ1n) is 5.78. The van der Waals surface area contributed by atoms with Crippen molar-refractivity contribution >= 4 is 5.78 Å². The molecule has 0 aromatic heterocycles. The van der Waals surface area contributed by atoms with Gasteiger partial charge >= 0.3 is 6.18 Å². The van der Waals surface area contributed by atoms with Gasteiger partial charge in [-0.15, -0.1) is 0 Å². The lowest BCUT2D eigenvalue weighted by Gasteiger charge is -2.10. The number of Topliss-reactive ketones (excluding diaryl/α,β-unsaturated/α-hetero) is 1. The van der Waals surface area contributed by atoms with Crippen LogP contribution in [-0.4, -0.2) is 25.4 Å². The molecule has 0 radical (unpaired) electrons. The summed E-state index contributed by atoms with van der Waals surface area (Å²) >= 11 is 0. The van der Waals surface area contributed by atoms with Crippen molar-refractivity contribution in [1.29, 1.82) is 0 Å². The highest BCUT2D eigenvalue weighted by Crippen LogP contribution is 2.30. The lowest BCUT2D eigenvalue weighted by Crippen LogP contribution is -2.11. The van der Waals surface area contributed by atoms with Crippen LogP contribution < -0.4 is 0 Å². The van der Waals surface area contributed by atoms with Gasteiger partial charge in [-0.05, 0) is 24.6 Å². The molecule has 0 bridgehead atoms. The second-order valence-corrected chi connectivity index (χ2v) is 4.17. The highest BCUT2D eigenvalue weighted by Gasteiger charge is 2.30. The normalized spacial score (nSPS) is 11.9. The Kier molecular flexibility index (Phi) is 5.62. The van der Waals surface area contributed by atoms with E-state index in [9.17, 15) is 26.7 Å². The van der Waals surface area contributed by atoms with Crippen molar-refractivity contribution in [3.8, 4) is 0 Å². The molecular formula is C13H13F5O2. The average molecular weight is 296 g/mol. The first-order valence-corrected chi connectivity index (χ1v) is 5.78. The van der Waals surface area contributed by atoms with E-state index in [1.165, 1.54) is 6.92 Å². The second-order valence-electron chi connectivity index (χ2n) is 4.17. The highest BCUT2D eigenvalue weighted by atomic mass is 19.4. The van der Waals surface area contributed by atoms with E-state index in [0.29, 0.717) is 0 Å². The van der Waals surface area contributed by atoms with Crippen LogP contribution in [0.25, 0.3) is 0 Å². The summed E-state index contributed by atoms with van der Waals surface area (Å²) in [6.45, 7) is 0.436. The van der Waals surface area contributed by atoms with Gasteiger partial charge in [0, 0.05) is 12.0 Å². The molecule has 2 nitrogen and oxygen atoms in total. The number of alkyl halides is 5. The van der Waals surface area contributed by atoms with Gasteiger partial charge in [0.25, 0.3) is 6.43 Å². The zero-order chi connectivity index (χ0) is 15.3. The van der Waals surface area contributed by atoms with Crippen LogP contribution in [0.2, 0.25) is 0 Å². The molecule has 0 atom stereocenters. The van der Waals surface area contributed by atoms with E-state index in [1.807, 2.05) is 0 Å². The van der Waals surface area contributed by atoms with E-state index in [1.54, 1.807) is 0 Å². The Bertz CT molecular complexity index is 468. The van der Waals surface area contributed by atoms with Gasteiger partial charge in [0.05, 0.1) is 12.2 Å². The summed E-state index contributed by atoms with van der Waals surface area (Å²) in [4.78, 5) is 11.7. The third kappa shape index (κ3) is 4.88. The SMILES string of the molecule is Cc1cc(C(F)(F)F)ccc1C(=O)CCOCC(F)F. The monoisotopic (exact) mass is 296 g/mol. The van der Waals surface area contributed by atoms with Crippen molar-refractivity contribution in [3.05, 3.63) is 34.9 Å². The largest absolute Gasteiger partial charge is 0.416 e. The maximum absolute atomic E-state index is 12.4. The number of ether oxygens (including phenoxy) is 1. The number of hydrogen-bond acceptors (Lipinski definition) is 2. The quantitative estimate of drug-likeness (QED) is 0.452. The van der Waals surface area contributed by atoms with E-state index in [-0.39, 0.29) is 24.2 Å². The van der Waals surface area contributed by atoms with Crippen molar-refractivity contribution in [3.63, 3.8) is 0 Å². The van der Waals surface area contributed by atoms with Gasteiger partial charge in [-0.25, -0.2) is 8.78 Å². The van der Waals surface area contributed by atoms with Crippen LogP contribution in [0.1, 0.15) is 27.9 Å². The van der Waals surface area contributed by atoms with Crippen molar-refractivity contribution in [1.82, 2.24) is 0 Å². The molecule has 0 heterocycles. The number of hydrogen-bond donors (Lipinski definition) is 0. The van der Waals surface area contributed by atoms with Crippen LogP contribution >= 0.6 is 0 Å². The molecule has 0 spiro atoms. The van der Waals surface area contributed by atoms with Crippen LogP contribution in [-0.2, 0) is 10.9 Å². The number of carbonyl (C=O) groups excluding carboxylic acids is 1. The van der Waals surface area contributed by atoms with Gasteiger partial charge in [-0.1, -0.05) is 6.07 Å². The summed E-state index contributed by atoms with van der Waals surface area (Å²) in [7, 11) is 0. The average Bonchev–Trinajstić information content (AvgIpc) is 2.32. The first kappa shape index (κ1) is 16.6. The predicted octanol–water partition coefficient (Wildman–Crippen LogP) is 3.87. The lowest BCUT2D eigenvalue weighted by molar-refractivity contribution is -0.137. The van der Waals surface area contributed by atoms with Gasteiger partial charge in [-0.2, -0.15) is 13.2 Å². The maximum Gasteiger partial charge on any atom is 0.416 e. The summed E-state index contributed by atoms with van der Waals surface area (Å²) in [5, 5.41) is 0. The molecule has 7 heteroatoms. The van der Waals surface area contributed by atoms with E-state index in [0.717, 1.165) is 18.2 Å².